The number of primary sulfonamides is 1. The van der Waals surface area contributed by atoms with Crippen molar-refractivity contribution in [3.63, 3.8) is 0 Å². The third-order valence-corrected chi connectivity index (χ3v) is 5.08. The van der Waals surface area contributed by atoms with Gasteiger partial charge in [0.25, 0.3) is 5.56 Å². The van der Waals surface area contributed by atoms with Crippen molar-refractivity contribution >= 4 is 27.4 Å². The first kappa shape index (κ1) is 19.1. The van der Waals surface area contributed by atoms with Crippen molar-refractivity contribution in [3.8, 4) is 5.69 Å². The lowest BCUT2D eigenvalue weighted by atomic mass is 10.1. The summed E-state index contributed by atoms with van der Waals surface area (Å²) in [4.78, 5) is 16.7. The molecule has 0 amide bonds. The van der Waals surface area contributed by atoms with Crippen LogP contribution in [0.15, 0.2) is 70.6 Å². The van der Waals surface area contributed by atoms with Crippen LogP contribution in [0, 0.1) is 0 Å². The maximum atomic E-state index is 12.6. The highest BCUT2D eigenvalue weighted by Crippen LogP contribution is 2.12. The van der Waals surface area contributed by atoms with E-state index in [4.69, 9.17) is 16.7 Å². The number of nitrogens with zero attached hydrogens (tertiary/aromatic N) is 2. The summed E-state index contributed by atoms with van der Waals surface area (Å²) in [7, 11) is -3.70. The number of nitrogens with two attached hydrogens (primary N) is 1. The highest BCUT2D eigenvalue weighted by Gasteiger charge is 2.08. The van der Waals surface area contributed by atoms with E-state index in [2.05, 4.69) is 10.3 Å². The molecule has 0 aliphatic heterocycles. The van der Waals surface area contributed by atoms with Crippen molar-refractivity contribution in [2.45, 2.75) is 11.3 Å². The smallest absolute Gasteiger partial charge is 0.297 e. The molecule has 140 valence electrons. The number of benzene rings is 2. The Morgan fingerprint density at radius 2 is 1.74 bits per heavy atom. The molecular weight excluding hydrogens is 388 g/mol. The molecule has 0 unspecified atom stereocenters. The van der Waals surface area contributed by atoms with E-state index in [1.165, 1.54) is 16.7 Å². The molecule has 0 fully saturated rings. The van der Waals surface area contributed by atoms with Crippen LogP contribution in [0.25, 0.3) is 5.69 Å². The van der Waals surface area contributed by atoms with Crippen LogP contribution in [-0.2, 0) is 16.4 Å². The van der Waals surface area contributed by atoms with Crippen molar-refractivity contribution in [2.75, 3.05) is 11.9 Å². The van der Waals surface area contributed by atoms with Gasteiger partial charge in [0.15, 0.2) is 5.82 Å². The first-order valence-corrected chi connectivity index (χ1v) is 9.96. The monoisotopic (exact) mass is 404 g/mol. The average molecular weight is 405 g/mol. The third kappa shape index (κ3) is 4.73. The van der Waals surface area contributed by atoms with Crippen molar-refractivity contribution < 1.29 is 8.42 Å². The Balaban J connectivity index is 1.69. The van der Waals surface area contributed by atoms with Gasteiger partial charge in [-0.2, -0.15) is 0 Å². The third-order valence-electron chi connectivity index (χ3n) is 3.90. The number of nitrogens with one attached hydrogen (secondary N) is 1. The lowest BCUT2D eigenvalue weighted by Crippen LogP contribution is -2.24. The van der Waals surface area contributed by atoms with E-state index in [1.807, 2.05) is 0 Å². The summed E-state index contributed by atoms with van der Waals surface area (Å²) >= 11 is 5.88. The van der Waals surface area contributed by atoms with Gasteiger partial charge in [-0.1, -0.05) is 23.7 Å². The van der Waals surface area contributed by atoms with Gasteiger partial charge in [0.2, 0.25) is 10.0 Å². The molecule has 3 rings (SSSR count). The van der Waals surface area contributed by atoms with Crippen LogP contribution in [0.4, 0.5) is 5.82 Å². The van der Waals surface area contributed by atoms with Crippen molar-refractivity contribution in [1.82, 2.24) is 9.55 Å². The Morgan fingerprint density at radius 1 is 1.07 bits per heavy atom. The van der Waals surface area contributed by atoms with Crippen LogP contribution in [0.1, 0.15) is 5.56 Å². The zero-order valence-corrected chi connectivity index (χ0v) is 15.7. The van der Waals surface area contributed by atoms with E-state index >= 15 is 0 Å². The highest BCUT2D eigenvalue weighted by molar-refractivity contribution is 7.89. The van der Waals surface area contributed by atoms with Crippen LogP contribution in [0.5, 0.6) is 0 Å². The molecule has 3 aromatic rings. The molecule has 27 heavy (non-hydrogen) atoms. The molecule has 0 atom stereocenters. The summed E-state index contributed by atoms with van der Waals surface area (Å²) in [6, 6.07) is 13.2. The van der Waals surface area contributed by atoms with Gasteiger partial charge in [-0.15, -0.1) is 0 Å². The van der Waals surface area contributed by atoms with Crippen LogP contribution in [0.3, 0.4) is 0 Å². The maximum absolute atomic E-state index is 12.6. The summed E-state index contributed by atoms with van der Waals surface area (Å²) in [5.41, 5.74) is 1.32. The van der Waals surface area contributed by atoms with E-state index in [9.17, 15) is 13.2 Å². The van der Waals surface area contributed by atoms with Crippen LogP contribution < -0.4 is 16.0 Å². The Hall–Kier alpha value is -2.68. The SMILES string of the molecule is NS(=O)(=O)c1ccc(CCNc2nccn(-c3ccc(Cl)cc3)c2=O)cc1. The predicted molar refractivity (Wildman–Crippen MR) is 105 cm³/mol. The van der Waals surface area contributed by atoms with Gasteiger partial charge in [-0.3, -0.25) is 9.36 Å². The maximum Gasteiger partial charge on any atom is 0.297 e. The fourth-order valence-electron chi connectivity index (χ4n) is 2.51. The molecule has 0 aliphatic rings. The quantitative estimate of drug-likeness (QED) is 0.654. The lowest BCUT2D eigenvalue weighted by Gasteiger charge is -2.09. The molecule has 0 bridgehead atoms. The van der Waals surface area contributed by atoms with E-state index < -0.39 is 10.0 Å². The van der Waals surface area contributed by atoms with Crippen molar-refractivity contribution in [2.24, 2.45) is 5.14 Å². The second kappa shape index (κ2) is 7.91. The van der Waals surface area contributed by atoms with Gasteiger partial charge < -0.3 is 5.32 Å². The zero-order chi connectivity index (χ0) is 19.4. The molecule has 7 nitrogen and oxygen atoms in total. The first-order chi connectivity index (χ1) is 12.8. The number of rotatable bonds is 6. The Labute approximate surface area is 161 Å². The first-order valence-electron chi connectivity index (χ1n) is 8.04. The minimum absolute atomic E-state index is 0.0646. The number of hydrogen-bond donors (Lipinski definition) is 2. The Kier molecular flexibility index (Phi) is 5.59. The van der Waals surface area contributed by atoms with Crippen LogP contribution >= 0.6 is 11.6 Å². The number of hydrogen-bond acceptors (Lipinski definition) is 5. The van der Waals surface area contributed by atoms with E-state index in [1.54, 1.807) is 48.8 Å². The summed E-state index contributed by atoms with van der Waals surface area (Å²) < 4.78 is 24.0. The number of halogens is 1. The van der Waals surface area contributed by atoms with Gasteiger partial charge in [-0.05, 0) is 48.4 Å². The predicted octanol–water partition coefficient (Wildman–Crippen LogP) is 2.19. The number of anilines is 1. The fourth-order valence-corrected chi connectivity index (χ4v) is 3.15. The van der Waals surface area contributed by atoms with Gasteiger partial charge >= 0.3 is 0 Å². The summed E-state index contributed by atoms with van der Waals surface area (Å²) in [5.74, 6) is 0.230. The fraction of sp³-hybridized carbons (Fsp3) is 0.111. The standard InChI is InChI=1S/C18H17ClN4O3S/c19-14-3-5-15(6-4-14)23-12-11-22-17(18(23)24)21-10-9-13-1-7-16(8-2-13)27(20,25)26/h1-8,11-12H,9-10H2,(H,21,22)(H2,20,25,26). The molecule has 3 N–H and O–H groups in total. The summed E-state index contributed by atoms with van der Waals surface area (Å²) in [6.07, 6.45) is 3.71. The Bertz CT molecular complexity index is 1090. The van der Waals surface area contributed by atoms with Crippen molar-refractivity contribution in [1.29, 1.82) is 0 Å². The van der Waals surface area contributed by atoms with Gasteiger partial charge in [-0.25, -0.2) is 18.5 Å². The number of sulfonamides is 1. The molecule has 0 saturated carbocycles. The molecule has 0 saturated heterocycles. The lowest BCUT2D eigenvalue weighted by molar-refractivity contribution is 0.598. The van der Waals surface area contributed by atoms with Gasteiger partial charge in [0.1, 0.15) is 0 Å². The minimum atomic E-state index is -3.70. The molecule has 1 heterocycles. The normalized spacial score (nSPS) is 11.3. The average Bonchev–Trinajstić information content (AvgIpc) is 2.64. The summed E-state index contributed by atoms with van der Waals surface area (Å²) in [6.45, 7) is 0.460. The molecule has 0 radical (unpaired) electrons. The van der Waals surface area contributed by atoms with Crippen LogP contribution in [0.2, 0.25) is 5.02 Å². The largest absolute Gasteiger partial charge is 0.365 e. The topological polar surface area (TPSA) is 107 Å². The second-order valence-corrected chi connectivity index (χ2v) is 7.79. The molecular formula is C18H17ClN4O3S. The molecule has 1 aromatic heterocycles. The van der Waals surface area contributed by atoms with Crippen molar-refractivity contribution in [3.05, 3.63) is 81.9 Å². The highest BCUT2D eigenvalue weighted by atomic mass is 35.5. The molecule has 9 heteroatoms. The van der Waals surface area contributed by atoms with Gasteiger partial charge in [0, 0.05) is 29.6 Å². The minimum Gasteiger partial charge on any atom is -0.365 e. The molecule has 2 aromatic carbocycles. The molecule has 0 aliphatic carbocycles. The van der Waals surface area contributed by atoms with E-state index in [-0.39, 0.29) is 16.3 Å². The Morgan fingerprint density at radius 3 is 2.37 bits per heavy atom. The summed E-state index contributed by atoms with van der Waals surface area (Å²) in [5, 5.41) is 8.68. The van der Waals surface area contributed by atoms with Crippen LogP contribution in [-0.4, -0.2) is 24.5 Å². The van der Waals surface area contributed by atoms with E-state index in [0.29, 0.717) is 23.7 Å². The zero-order valence-electron chi connectivity index (χ0n) is 14.2. The number of aromatic nitrogens is 2. The molecule has 0 spiro atoms. The van der Waals surface area contributed by atoms with Gasteiger partial charge in [0.05, 0.1) is 4.90 Å². The van der Waals surface area contributed by atoms with E-state index in [0.717, 1.165) is 5.56 Å². The second-order valence-electron chi connectivity index (χ2n) is 5.79.